The number of rotatable bonds is 37. The molecule has 2 unspecified atom stereocenters. The van der Waals surface area contributed by atoms with Crippen LogP contribution in [0.1, 0.15) is 168 Å². The maximum absolute atomic E-state index is 12.7. The van der Waals surface area contributed by atoms with Crippen LogP contribution < -0.4 is 5.11 Å². The molecular formula is C45H79NO7. The van der Waals surface area contributed by atoms with Gasteiger partial charge >= 0.3 is 11.9 Å². The average molecular weight is 746 g/mol. The van der Waals surface area contributed by atoms with E-state index in [1.54, 1.807) is 21.1 Å². The molecule has 0 saturated carbocycles. The predicted molar refractivity (Wildman–Crippen MR) is 217 cm³/mol. The Bertz CT molecular complexity index is 1010. The number of esters is 2. The minimum Gasteiger partial charge on any atom is -0.544 e. The molecule has 0 aliphatic carbocycles. The fourth-order valence-electron chi connectivity index (χ4n) is 5.90. The summed E-state index contributed by atoms with van der Waals surface area (Å²) in [6.07, 6.45) is 41.3. The molecule has 0 amide bonds. The van der Waals surface area contributed by atoms with Gasteiger partial charge < -0.3 is 28.6 Å². The second-order valence-electron chi connectivity index (χ2n) is 15.2. The van der Waals surface area contributed by atoms with Crippen molar-refractivity contribution in [2.24, 2.45) is 0 Å². The van der Waals surface area contributed by atoms with Gasteiger partial charge in [-0.2, -0.15) is 0 Å². The van der Waals surface area contributed by atoms with Gasteiger partial charge in [0.25, 0.3) is 0 Å². The van der Waals surface area contributed by atoms with Crippen LogP contribution in [-0.2, 0) is 28.6 Å². The van der Waals surface area contributed by atoms with E-state index in [1.807, 2.05) is 0 Å². The van der Waals surface area contributed by atoms with Gasteiger partial charge in [0.1, 0.15) is 12.6 Å². The van der Waals surface area contributed by atoms with Crippen molar-refractivity contribution in [3.63, 3.8) is 0 Å². The van der Waals surface area contributed by atoms with Gasteiger partial charge in [0.05, 0.1) is 40.3 Å². The molecule has 0 bridgehead atoms. The summed E-state index contributed by atoms with van der Waals surface area (Å²) in [6.45, 7) is 4.50. The number of carbonyl (C=O) groups excluding carboxylic acids is 3. The van der Waals surface area contributed by atoms with Crippen molar-refractivity contribution in [3.05, 3.63) is 48.6 Å². The number of ether oxygens (including phenoxy) is 3. The van der Waals surface area contributed by atoms with Crippen LogP contribution in [-0.4, -0.2) is 75.5 Å². The first-order chi connectivity index (χ1) is 25.6. The van der Waals surface area contributed by atoms with Crippen molar-refractivity contribution in [3.8, 4) is 0 Å². The van der Waals surface area contributed by atoms with Crippen LogP contribution >= 0.6 is 0 Å². The third-order valence-corrected chi connectivity index (χ3v) is 9.20. The molecule has 0 aliphatic rings. The zero-order valence-corrected chi connectivity index (χ0v) is 34.7. The largest absolute Gasteiger partial charge is 0.544 e. The Labute approximate surface area is 325 Å². The third-order valence-electron chi connectivity index (χ3n) is 9.20. The summed E-state index contributed by atoms with van der Waals surface area (Å²) >= 11 is 0. The normalized spacial score (nSPS) is 13.5. The Kier molecular flexibility index (Phi) is 34.4. The maximum atomic E-state index is 12.7. The zero-order valence-electron chi connectivity index (χ0n) is 34.7. The van der Waals surface area contributed by atoms with E-state index < -0.39 is 18.1 Å². The minimum atomic E-state index is -1.13. The summed E-state index contributed by atoms with van der Waals surface area (Å²) in [7, 11) is 5.39. The fourth-order valence-corrected chi connectivity index (χ4v) is 5.90. The standard InChI is InChI=1S/C45H79NO7/c1-6-8-10-12-14-16-18-20-22-24-25-27-29-31-33-35-43(47)52-40-41(39-51-38-37-42(45(49)50)46(3,4)5)53-44(48)36-34-32-30-28-26-23-21-19-17-15-13-11-9-7-2/h9,11,15-18,21,23,41-42H,6-8,10,12-14,19-20,22,24-40H2,1-5H3/b11-9+,17-15+,18-16+,23-21+. The van der Waals surface area contributed by atoms with Crippen LogP contribution in [0.5, 0.6) is 0 Å². The van der Waals surface area contributed by atoms with Crippen LogP contribution in [0.3, 0.4) is 0 Å². The number of allylic oxidation sites excluding steroid dienone is 8. The van der Waals surface area contributed by atoms with E-state index in [-0.39, 0.29) is 42.7 Å². The van der Waals surface area contributed by atoms with Crippen molar-refractivity contribution in [1.82, 2.24) is 0 Å². The number of carboxylic acid groups (broad SMARTS) is 1. The summed E-state index contributed by atoms with van der Waals surface area (Å²) in [5.41, 5.74) is 0. The molecule has 8 heteroatoms. The molecule has 0 aliphatic heterocycles. The van der Waals surface area contributed by atoms with Crippen LogP contribution in [0.4, 0.5) is 0 Å². The van der Waals surface area contributed by atoms with Gasteiger partial charge in [0, 0.05) is 19.3 Å². The topological polar surface area (TPSA) is 102 Å². The van der Waals surface area contributed by atoms with Crippen LogP contribution in [0, 0.1) is 0 Å². The molecule has 0 heterocycles. The van der Waals surface area contributed by atoms with Crippen molar-refractivity contribution >= 4 is 17.9 Å². The average Bonchev–Trinajstić information content (AvgIpc) is 3.11. The van der Waals surface area contributed by atoms with E-state index in [2.05, 4.69) is 62.5 Å². The molecule has 0 aromatic rings. The van der Waals surface area contributed by atoms with Crippen molar-refractivity contribution in [2.45, 2.75) is 180 Å². The Morgan fingerprint density at radius 1 is 0.585 bits per heavy atom. The quantitative estimate of drug-likeness (QED) is 0.0270. The lowest BCUT2D eigenvalue weighted by Crippen LogP contribution is -2.55. The number of carbonyl (C=O) groups is 3. The molecule has 0 rings (SSSR count). The maximum Gasteiger partial charge on any atom is 0.306 e. The summed E-state index contributed by atoms with van der Waals surface area (Å²) in [4.78, 5) is 36.8. The highest BCUT2D eigenvalue weighted by atomic mass is 16.6. The molecule has 2 atom stereocenters. The van der Waals surface area contributed by atoms with Gasteiger partial charge in [-0.25, -0.2) is 0 Å². The summed E-state index contributed by atoms with van der Waals surface area (Å²) < 4.78 is 17.1. The van der Waals surface area contributed by atoms with E-state index in [0.717, 1.165) is 70.6 Å². The molecule has 306 valence electrons. The number of nitrogens with zero attached hydrogens (tertiary/aromatic N) is 1. The highest BCUT2D eigenvalue weighted by Crippen LogP contribution is 2.13. The molecule has 0 aromatic carbocycles. The molecule has 0 radical (unpaired) electrons. The Hall–Kier alpha value is -2.71. The van der Waals surface area contributed by atoms with Gasteiger partial charge in [0.15, 0.2) is 6.10 Å². The smallest absolute Gasteiger partial charge is 0.306 e. The number of hydrogen-bond acceptors (Lipinski definition) is 7. The minimum absolute atomic E-state index is 0.0294. The first kappa shape index (κ1) is 50.3. The second kappa shape index (κ2) is 36.3. The number of carboxylic acids is 1. The lowest BCUT2D eigenvalue weighted by molar-refractivity contribution is -0.889. The number of aliphatic carboxylic acids is 1. The van der Waals surface area contributed by atoms with Gasteiger partial charge in [-0.15, -0.1) is 0 Å². The molecule has 0 aromatic heterocycles. The molecular weight excluding hydrogens is 666 g/mol. The highest BCUT2D eigenvalue weighted by molar-refractivity contribution is 5.70. The van der Waals surface area contributed by atoms with Gasteiger partial charge in [-0.3, -0.25) is 9.59 Å². The first-order valence-electron chi connectivity index (χ1n) is 21.2. The molecule has 0 fully saturated rings. The summed E-state index contributed by atoms with van der Waals surface area (Å²) in [5.74, 6) is -1.77. The molecule has 0 spiro atoms. The Balaban J connectivity index is 4.41. The van der Waals surface area contributed by atoms with Crippen LogP contribution in [0.2, 0.25) is 0 Å². The van der Waals surface area contributed by atoms with Crippen LogP contribution in [0.15, 0.2) is 48.6 Å². The van der Waals surface area contributed by atoms with E-state index in [1.165, 1.54) is 64.2 Å². The molecule has 8 nitrogen and oxygen atoms in total. The fraction of sp³-hybridized carbons (Fsp3) is 0.756. The van der Waals surface area contributed by atoms with E-state index >= 15 is 0 Å². The summed E-state index contributed by atoms with van der Waals surface area (Å²) in [6, 6.07) is -0.730. The third kappa shape index (κ3) is 34.8. The zero-order chi connectivity index (χ0) is 39.3. The van der Waals surface area contributed by atoms with E-state index in [9.17, 15) is 19.5 Å². The lowest BCUT2D eigenvalue weighted by atomic mass is 10.1. The first-order valence-corrected chi connectivity index (χ1v) is 21.2. The van der Waals surface area contributed by atoms with Gasteiger partial charge in [-0.1, -0.05) is 127 Å². The molecule has 0 saturated heterocycles. The Morgan fingerprint density at radius 2 is 1.06 bits per heavy atom. The van der Waals surface area contributed by atoms with Gasteiger partial charge in [-0.05, 0) is 70.6 Å². The number of unbranched alkanes of at least 4 members (excludes halogenated alkanes) is 15. The lowest BCUT2D eigenvalue weighted by Gasteiger charge is -2.34. The Morgan fingerprint density at radius 3 is 1.58 bits per heavy atom. The van der Waals surface area contributed by atoms with Crippen molar-refractivity contribution in [1.29, 1.82) is 0 Å². The molecule has 0 N–H and O–H groups in total. The van der Waals surface area contributed by atoms with Crippen molar-refractivity contribution < 1.29 is 38.2 Å². The van der Waals surface area contributed by atoms with Gasteiger partial charge in [0.2, 0.25) is 0 Å². The second-order valence-corrected chi connectivity index (χ2v) is 15.2. The predicted octanol–water partition coefficient (Wildman–Crippen LogP) is 9.91. The summed E-state index contributed by atoms with van der Waals surface area (Å²) in [5, 5.41) is 11.6. The SMILES string of the molecule is CC/C=C/C/C=C/C/C=C/CCCCCCC(=O)OC(COCCC(C(=O)[O-])[N+](C)(C)C)COC(=O)CCCCCCCCC/C=C/CCCCCC. The van der Waals surface area contributed by atoms with E-state index in [4.69, 9.17) is 14.2 Å². The van der Waals surface area contributed by atoms with Crippen LogP contribution in [0.25, 0.3) is 0 Å². The monoisotopic (exact) mass is 746 g/mol. The number of likely N-dealkylation sites (N-methyl/N-ethyl adjacent to an activating group) is 1. The highest BCUT2D eigenvalue weighted by Gasteiger charge is 2.25. The molecule has 53 heavy (non-hydrogen) atoms. The number of hydrogen-bond donors (Lipinski definition) is 0. The van der Waals surface area contributed by atoms with E-state index in [0.29, 0.717) is 12.8 Å². The number of quaternary nitrogens is 1. The van der Waals surface area contributed by atoms with Crippen molar-refractivity contribution in [2.75, 3.05) is 41.0 Å².